The van der Waals surface area contributed by atoms with Crippen LogP contribution in [0.25, 0.3) is 0 Å². The van der Waals surface area contributed by atoms with Gasteiger partial charge in [-0.25, -0.2) is 0 Å². The standard InChI is InChI=1S/C18H18N6S/c1-13-8-10-16(11-9-13)21-22-17-14(2)20-24-18(25-17)23-19-12-15-6-4-3-5-7-15/h3-12,21H,1-2H3,(H,23,24)/b19-12+,22-17+. The molecule has 0 spiro atoms. The Kier molecular flexibility index (Phi) is 5.48. The van der Waals surface area contributed by atoms with Crippen molar-refractivity contribution >= 4 is 28.4 Å². The van der Waals surface area contributed by atoms with Crippen molar-refractivity contribution in [1.29, 1.82) is 0 Å². The molecule has 0 bridgehead atoms. The van der Waals surface area contributed by atoms with Crippen molar-refractivity contribution in [3.63, 3.8) is 0 Å². The third-order valence-corrected chi connectivity index (χ3v) is 4.25. The van der Waals surface area contributed by atoms with E-state index >= 15 is 0 Å². The predicted octanol–water partition coefficient (Wildman–Crippen LogP) is 3.53. The van der Waals surface area contributed by atoms with Crippen molar-refractivity contribution in [3.8, 4) is 0 Å². The molecule has 3 rings (SSSR count). The summed E-state index contributed by atoms with van der Waals surface area (Å²) in [6, 6.07) is 17.9. The van der Waals surface area contributed by atoms with Gasteiger partial charge in [0.1, 0.15) is 0 Å². The van der Waals surface area contributed by atoms with Crippen LogP contribution in [0, 0.1) is 13.8 Å². The van der Waals surface area contributed by atoms with Gasteiger partial charge in [0.25, 0.3) is 0 Å². The highest BCUT2D eigenvalue weighted by Crippen LogP contribution is 2.09. The summed E-state index contributed by atoms with van der Waals surface area (Å²) in [5.74, 6) is 0. The molecule has 3 aromatic rings. The van der Waals surface area contributed by atoms with Crippen LogP contribution >= 0.6 is 11.3 Å². The molecule has 1 aromatic heterocycles. The Balaban J connectivity index is 1.72. The zero-order chi connectivity index (χ0) is 17.5. The highest BCUT2D eigenvalue weighted by atomic mass is 32.1. The Bertz CT molecular complexity index is 916. The molecule has 0 saturated carbocycles. The van der Waals surface area contributed by atoms with Gasteiger partial charge in [-0.15, -0.1) is 10.2 Å². The highest BCUT2D eigenvalue weighted by Gasteiger charge is 1.99. The van der Waals surface area contributed by atoms with Crippen LogP contribution in [0.4, 0.5) is 10.8 Å². The molecule has 1 heterocycles. The molecule has 0 unspecified atom stereocenters. The summed E-state index contributed by atoms with van der Waals surface area (Å²) in [6.07, 6.45) is 1.73. The quantitative estimate of drug-likeness (QED) is 0.545. The van der Waals surface area contributed by atoms with E-state index in [1.165, 1.54) is 16.9 Å². The van der Waals surface area contributed by atoms with Crippen LogP contribution in [0.5, 0.6) is 0 Å². The zero-order valence-corrected chi connectivity index (χ0v) is 14.8. The average Bonchev–Trinajstić information content (AvgIpc) is 2.64. The van der Waals surface area contributed by atoms with Crippen molar-refractivity contribution in [2.24, 2.45) is 10.2 Å². The number of hydrazone groups is 1. The van der Waals surface area contributed by atoms with Crippen LogP contribution in [-0.2, 0) is 0 Å². The van der Waals surface area contributed by atoms with Gasteiger partial charge in [-0.05, 0) is 31.5 Å². The normalized spacial score (nSPS) is 11.7. The molecule has 0 fully saturated rings. The summed E-state index contributed by atoms with van der Waals surface area (Å²) in [6.45, 7) is 3.92. The summed E-state index contributed by atoms with van der Waals surface area (Å²) in [7, 11) is 0. The van der Waals surface area contributed by atoms with Gasteiger partial charge >= 0.3 is 0 Å². The lowest BCUT2D eigenvalue weighted by Crippen LogP contribution is -2.11. The predicted molar refractivity (Wildman–Crippen MR) is 103 cm³/mol. The van der Waals surface area contributed by atoms with Crippen molar-refractivity contribution in [2.75, 3.05) is 10.9 Å². The summed E-state index contributed by atoms with van der Waals surface area (Å²) in [5.41, 5.74) is 9.82. The first kappa shape index (κ1) is 16.8. The molecule has 0 aliphatic carbocycles. The van der Waals surface area contributed by atoms with E-state index in [1.54, 1.807) is 6.21 Å². The monoisotopic (exact) mass is 350 g/mol. The molecule has 126 valence electrons. The first-order valence-corrected chi connectivity index (χ1v) is 8.57. The van der Waals surface area contributed by atoms with Gasteiger partial charge in [0, 0.05) is 0 Å². The third-order valence-electron chi connectivity index (χ3n) is 3.31. The Morgan fingerprint density at radius 2 is 1.68 bits per heavy atom. The number of benzene rings is 2. The molecule has 6 nitrogen and oxygen atoms in total. The molecule has 2 aromatic carbocycles. The van der Waals surface area contributed by atoms with E-state index in [2.05, 4.69) is 31.3 Å². The lowest BCUT2D eigenvalue weighted by atomic mass is 10.2. The van der Waals surface area contributed by atoms with Gasteiger partial charge in [-0.2, -0.15) is 10.2 Å². The number of hydrogen-bond acceptors (Lipinski definition) is 7. The van der Waals surface area contributed by atoms with Crippen molar-refractivity contribution < 1.29 is 0 Å². The maximum absolute atomic E-state index is 4.41. The van der Waals surface area contributed by atoms with Crippen molar-refractivity contribution in [2.45, 2.75) is 13.8 Å². The highest BCUT2D eigenvalue weighted by molar-refractivity contribution is 7.12. The van der Waals surface area contributed by atoms with Crippen molar-refractivity contribution in [1.82, 2.24) is 10.2 Å². The summed E-state index contributed by atoms with van der Waals surface area (Å²) in [4.78, 5) is 0. The summed E-state index contributed by atoms with van der Waals surface area (Å²) < 4.78 is 0.744. The molecular weight excluding hydrogens is 332 g/mol. The van der Waals surface area contributed by atoms with Gasteiger partial charge in [0.05, 0.1) is 17.6 Å². The molecule has 0 aliphatic rings. The van der Waals surface area contributed by atoms with Crippen molar-refractivity contribution in [3.05, 3.63) is 76.1 Å². The molecule has 0 aliphatic heterocycles. The van der Waals surface area contributed by atoms with E-state index in [9.17, 15) is 0 Å². The van der Waals surface area contributed by atoms with Crippen LogP contribution in [0.2, 0.25) is 0 Å². The molecule has 0 atom stereocenters. The number of aromatic nitrogens is 2. The molecular formula is C18H18N6S. The zero-order valence-electron chi connectivity index (χ0n) is 14.0. The van der Waals surface area contributed by atoms with Crippen LogP contribution in [0.1, 0.15) is 16.8 Å². The minimum atomic E-state index is 0.572. The van der Waals surface area contributed by atoms with E-state index in [0.29, 0.717) is 5.13 Å². The van der Waals surface area contributed by atoms with Gasteiger partial charge < -0.3 is 0 Å². The van der Waals surface area contributed by atoms with E-state index in [1.807, 2.05) is 68.4 Å². The molecule has 0 saturated heterocycles. The van der Waals surface area contributed by atoms with Gasteiger partial charge in [-0.1, -0.05) is 59.4 Å². The van der Waals surface area contributed by atoms with E-state index in [0.717, 1.165) is 21.6 Å². The van der Waals surface area contributed by atoms with E-state index < -0.39 is 0 Å². The second kappa shape index (κ2) is 8.16. The third kappa shape index (κ3) is 4.95. The van der Waals surface area contributed by atoms with Gasteiger partial charge in [0.2, 0.25) is 5.13 Å². The maximum Gasteiger partial charge on any atom is 0.226 e. The topological polar surface area (TPSA) is 74.6 Å². The second-order valence-corrected chi connectivity index (χ2v) is 6.35. The lowest BCUT2D eigenvalue weighted by molar-refractivity contribution is 0.976. The molecule has 0 radical (unpaired) electrons. The van der Waals surface area contributed by atoms with Gasteiger partial charge in [-0.3, -0.25) is 10.9 Å². The van der Waals surface area contributed by atoms with E-state index in [-0.39, 0.29) is 0 Å². The number of hydrogen-bond donors (Lipinski definition) is 2. The lowest BCUT2D eigenvalue weighted by Gasteiger charge is -2.02. The number of aryl methyl sites for hydroxylation is 2. The molecule has 25 heavy (non-hydrogen) atoms. The molecule has 2 N–H and O–H groups in total. The first-order valence-electron chi connectivity index (χ1n) is 7.76. The van der Waals surface area contributed by atoms with Crippen LogP contribution in [0.15, 0.2) is 64.8 Å². The maximum atomic E-state index is 4.41. The SMILES string of the molecule is Cc1ccc(N/N=c2/sc(N/N=C/c3ccccc3)nnc2C)cc1. The fourth-order valence-corrected chi connectivity index (χ4v) is 2.59. The van der Waals surface area contributed by atoms with Crippen LogP contribution < -0.4 is 15.5 Å². The van der Waals surface area contributed by atoms with Crippen LogP contribution in [-0.4, -0.2) is 16.4 Å². The van der Waals surface area contributed by atoms with E-state index in [4.69, 9.17) is 0 Å². The fourth-order valence-electron chi connectivity index (χ4n) is 1.94. The number of nitrogens with zero attached hydrogens (tertiary/aromatic N) is 4. The number of rotatable bonds is 5. The Labute approximate surface area is 150 Å². The molecule has 0 amide bonds. The minimum Gasteiger partial charge on any atom is -0.277 e. The number of anilines is 2. The summed E-state index contributed by atoms with van der Waals surface area (Å²) in [5, 5.41) is 17.4. The Hall–Kier alpha value is -3.06. The fraction of sp³-hybridized carbons (Fsp3) is 0.111. The Morgan fingerprint density at radius 3 is 2.44 bits per heavy atom. The summed E-state index contributed by atoms with van der Waals surface area (Å²) >= 11 is 1.38. The Morgan fingerprint density at radius 1 is 0.920 bits per heavy atom. The minimum absolute atomic E-state index is 0.572. The molecule has 7 heteroatoms. The smallest absolute Gasteiger partial charge is 0.226 e. The van der Waals surface area contributed by atoms with Crippen LogP contribution in [0.3, 0.4) is 0 Å². The largest absolute Gasteiger partial charge is 0.277 e. The number of nitrogens with one attached hydrogen (secondary N) is 2. The first-order chi connectivity index (χ1) is 12.2. The second-order valence-electron chi connectivity index (χ2n) is 5.37. The average molecular weight is 350 g/mol. The van der Waals surface area contributed by atoms with Gasteiger partial charge in [0.15, 0.2) is 4.67 Å².